The number of aliphatic carboxylic acids is 1. The Morgan fingerprint density at radius 3 is 2.08 bits per heavy atom. The number of carboxylic acids is 1. The van der Waals surface area contributed by atoms with Gasteiger partial charge < -0.3 is 10.4 Å². The first-order chi connectivity index (χ1) is 12.6. The highest BCUT2D eigenvalue weighted by atomic mass is 16.4. The van der Waals surface area contributed by atoms with Crippen LogP contribution < -0.4 is 5.32 Å². The number of benzene rings is 1. The molecule has 1 aromatic rings. The number of carboxylic acid groups (broad SMARTS) is 1. The van der Waals surface area contributed by atoms with Crippen molar-refractivity contribution in [2.24, 2.45) is 23.7 Å². The highest BCUT2D eigenvalue weighted by Crippen LogP contribution is 2.60. The second kappa shape index (κ2) is 6.28. The van der Waals surface area contributed by atoms with E-state index in [0.29, 0.717) is 5.41 Å². The second-order valence-corrected chi connectivity index (χ2v) is 9.76. The van der Waals surface area contributed by atoms with Gasteiger partial charge in [-0.05, 0) is 92.2 Å². The van der Waals surface area contributed by atoms with Gasteiger partial charge in [-0.1, -0.05) is 25.0 Å². The van der Waals surface area contributed by atoms with Gasteiger partial charge in [0, 0.05) is 11.7 Å². The van der Waals surface area contributed by atoms with Crippen LogP contribution in [0.1, 0.15) is 69.8 Å². The normalized spacial score (nSPS) is 41.2. The summed E-state index contributed by atoms with van der Waals surface area (Å²) < 4.78 is 0. The Labute approximate surface area is 156 Å². The lowest BCUT2D eigenvalue weighted by atomic mass is 9.48. The van der Waals surface area contributed by atoms with Gasteiger partial charge in [0.2, 0.25) is 0 Å². The highest BCUT2D eigenvalue weighted by Gasteiger charge is 2.51. The van der Waals surface area contributed by atoms with Crippen LogP contribution >= 0.6 is 0 Å². The Hall–Kier alpha value is -1.51. The zero-order chi connectivity index (χ0) is 17.7. The largest absolute Gasteiger partial charge is 0.481 e. The van der Waals surface area contributed by atoms with Crippen molar-refractivity contribution in [2.45, 2.75) is 75.7 Å². The van der Waals surface area contributed by atoms with E-state index in [9.17, 15) is 9.90 Å². The van der Waals surface area contributed by atoms with Gasteiger partial charge in [-0.15, -0.1) is 0 Å². The van der Waals surface area contributed by atoms with Crippen LogP contribution in [0.3, 0.4) is 0 Å². The summed E-state index contributed by atoms with van der Waals surface area (Å²) in [7, 11) is 0. The van der Waals surface area contributed by atoms with Crippen LogP contribution in [0.15, 0.2) is 24.3 Å². The van der Waals surface area contributed by atoms with Crippen molar-refractivity contribution in [3.05, 3.63) is 29.8 Å². The molecule has 0 amide bonds. The molecular formula is C23H31NO2. The number of hydrogen-bond donors (Lipinski definition) is 2. The average Bonchev–Trinajstić information content (AvgIpc) is 2.61. The Morgan fingerprint density at radius 1 is 0.923 bits per heavy atom. The Bertz CT molecular complexity index is 645. The molecule has 5 fully saturated rings. The van der Waals surface area contributed by atoms with E-state index < -0.39 is 5.97 Å². The maximum atomic E-state index is 11.5. The van der Waals surface area contributed by atoms with Crippen molar-refractivity contribution >= 4 is 11.7 Å². The topological polar surface area (TPSA) is 49.3 Å². The van der Waals surface area contributed by atoms with Gasteiger partial charge in [-0.3, -0.25) is 4.79 Å². The maximum absolute atomic E-state index is 11.5. The number of hydrogen-bond acceptors (Lipinski definition) is 2. The predicted octanol–water partition coefficient (Wildman–Crippen LogP) is 5.21. The number of rotatable bonds is 4. The smallest absolute Gasteiger partial charge is 0.308 e. The van der Waals surface area contributed by atoms with E-state index in [2.05, 4.69) is 29.6 Å². The number of anilines is 1. The standard InChI is InChI=1S/C23H31NO2/c25-22(26)20-3-1-2-4-21(20)24-19-7-5-18(6-8-19)23-12-15-9-16(13-23)11-17(10-15)14-23/h5-8,15-17,20-21,24H,1-4,9-14H2,(H,25,26). The molecule has 0 saturated heterocycles. The fraction of sp³-hybridized carbons (Fsp3) is 0.696. The average molecular weight is 354 g/mol. The van der Waals surface area contributed by atoms with E-state index in [1.165, 1.54) is 38.5 Å². The molecule has 2 atom stereocenters. The zero-order valence-corrected chi connectivity index (χ0v) is 15.6. The summed E-state index contributed by atoms with van der Waals surface area (Å²) >= 11 is 0. The Balaban J connectivity index is 1.32. The van der Waals surface area contributed by atoms with Crippen LogP contribution in [0.2, 0.25) is 0 Å². The van der Waals surface area contributed by atoms with E-state index in [1.807, 2.05) is 0 Å². The Kier molecular flexibility index (Phi) is 4.02. The molecule has 3 heteroatoms. The van der Waals surface area contributed by atoms with Crippen LogP contribution in [0.4, 0.5) is 5.69 Å². The quantitative estimate of drug-likeness (QED) is 0.781. The first kappa shape index (κ1) is 16.6. The van der Waals surface area contributed by atoms with E-state index in [0.717, 1.165) is 49.1 Å². The lowest BCUT2D eigenvalue weighted by molar-refractivity contribution is -0.143. The lowest BCUT2D eigenvalue weighted by Crippen LogP contribution is -2.48. The lowest BCUT2D eigenvalue weighted by Gasteiger charge is -2.57. The van der Waals surface area contributed by atoms with Gasteiger partial charge >= 0.3 is 5.97 Å². The minimum absolute atomic E-state index is 0.0756. The molecule has 0 heterocycles. The van der Waals surface area contributed by atoms with E-state index in [4.69, 9.17) is 0 Å². The van der Waals surface area contributed by atoms with Gasteiger partial charge in [0.05, 0.1) is 5.92 Å². The molecular weight excluding hydrogens is 322 g/mol. The molecule has 0 spiro atoms. The molecule has 1 aromatic carbocycles. The molecule has 2 unspecified atom stereocenters. The van der Waals surface area contributed by atoms with Crippen molar-refractivity contribution in [1.82, 2.24) is 0 Å². The molecule has 0 aromatic heterocycles. The predicted molar refractivity (Wildman–Crippen MR) is 103 cm³/mol. The van der Waals surface area contributed by atoms with Crippen LogP contribution in [0, 0.1) is 23.7 Å². The van der Waals surface area contributed by atoms with Crippen LogP contribution in [0.25, 0.3) is 0 Å². The summed E-state index contributed by atoms with van der Waals surface area (Å²) in [6.45, 7) is 0. The summed E-state index contributed by atoms with van der Waals surface area (Å²) in [6, 6.07) is 9.18. The SMILES string of the molecule is O=C(O)C1CCCCC1Nc1ccc(C23CC4CC(CC(C4)C2)C3)cc1. The monoisotopic (exact) mass is 353 g/mol. The molecule has 26 heavy (non-hydrogen) atoms. The molecule has 4 bridgehead atoms. The molecule has 0 aliphatic heterocycles. The summed E-state index contributed by atoms with van der Waals surface area (Å²) in [6.07, 6.45) is 12.6. The summed E-state index contributed by atoms with van der Waals surface area (Å²) in [5, 5.41) is 13.0. The van der Waals surface area contributed by atoms with Crippen molar-refractivity contribution in [3.63, 3.8) is 0 Å². The molecule has 5 aliphatic carbocycles. The molecule has 5 aliphatic rings. The van der Waals surface area contributed by atoms with Gasteiger partial charge in [-0.2, -0.15) is 0 Å². The van der Waals surface area contributed by atoms with Gasteiger partial charge in [0.1, 0.15) is 0 Å². The highest BCUT2D eigenvalue weighted by molar-refractivity contribution is 5.72. The minimum atomic E-state index is -0.646. The van der Waals surface area contributed by atoms with Crippen molar-refractivity contribution in [1.29, 1.82) is 0 Å². The third-order valence-electron chi connectivity index (χ3n) is 7.97. The molecule has 6 rings (SSSR count). The molecule has 3 nitrogen and oxygen atoms in total. The van der Waals surface area contributed by atoms with Crippen molar-refractivity contribution < 1.29 is 9.90 Å². The minimum Gasteiger partial charge on any atom is -0.481 e. The summed E-state index contributed by atoms with van der Waals surface area (Å²) in [5.41, 5.74) is 3.08. The van der Waals surface area contributed by atoms with E-state index in [-0.39, 0.29) is 12.0 Å². The number of carbonyl (C=O) groups is 1. The van der Waals surface area contributed by atoms with Crippen molar-refractivity contribution in [3.8, 4) is 0 Å². The number of nitrogens with one attached hydrogen (secondary N) is 1. The molecule has 2 N–H and O–H groups in total. The molecule has 140 valence electrons. The van der Waals surface area contributed by atoms with Gasteiger partial charge in [-0.25, -0.2) is 0 Å². The molecule has 0 radical (unpaired) electrons. The fourth-order valence-corrected chi connectivity index (χ4v) is 7.20. The van der Waals surface area contributed by atoms with Crippen LogP contribution in [-0.2, 0) is 10.2 Å². The summed E-state index contributed by atoms with van der Waals surface area (Å²) in [4.78, 5) is 11.5. The Morgan fingerprint density at radius 2 is 1.50 bits per heavy atom. The first-order valence-electron chi connectivity index (χ1n) is 10.7. The second-order valence-electron chi connectivity index (χ2n) is 9.76. The third kappa shape index (κ3) is 2.84. The van der Waals surface area contributed by atoms with Gasteiger partial charge in [0.15, 0.2) is 0 Å². The van der Waals surface area contributed by atoms with E-state index >= 15 is 0 Å². The molecule has 5 saturated carbocycles. The van der Waals surface area contributed by atoms with Crippen LogP contribution in [-0.4, -0.2) is 17.1 Å². The summed E-state index contributed by atoms with van der Waals surface area (Å²) in [5.74, 6) is 2.02. The van der Waals surface area contributed by atoms with Crippen LogP contribution in [0.5, 0.6) is 0 Å². The van der Waals surface area contributed by atoms with Gasteiger partial charge in [0.25, 0.3) is 0 Å². The fourth-order valence-electron chi connectivity index (χ4n) is 7.20. The first-order valence-corrected chi connectivity index (χ1v) is 10.7. The van der Waals surface area contributed by atoms with Crippen molar-refractivity contribution in [2.75, 3.05) is 5.32 Å². The third-order valence-corrected chi connectivity index (χ3v) is 7.97. The van der Waals surface area contributed by atoms with E-state index in [1.54, 1.807) is 5.56 Å². The maximum Gasteiger partial charge on any atom is 0.308 e. The zero-order valence-electron chi connectivity index (χ0n) is 15.6.